The maximum absolute atomic E-state index is 13.6. The van der Waals surface area contributed by atoms with E-state index in [-0.39, 0.29) is 17.8 Å². The summed E-state index contributed by atoms with van der Waals surface area (Å²) in [5.41, 5.74) is -0.529. The fourth-order valence-corrected chi connectivity index (χ4v) is 3.36. The molecule has 32 heavy (non-hydrogen) atoms. The zero-order chi connectivity index (χ0) is 23.1. The van der Waals surface area contributed by atoms with E-state index < -0.39 is 29.7 Å². The number of hydrogen-bond acceptors (Lipinski definition) is 4. The van der Waals surface area contributed by atoms with Crippen LogP contribution in [0.4, 0.5) is 24.5 Å². The minimum Gasteiger partial charge on any atom is -0.494 e. The monoisotopic (exact) mass is 450 g/mol. The molecule has 0 radical (unpaired) electrons. The third kappa shape index (κ3) is 6.46. The van der Waals surface area contributed by atoms with Crippen molar-refractivity contribution in [2.75, 3.05) is 23.8 Å². The first kappa shape index (κ1) is 23.6. The number of anilines is 2. The van der Waals surface area contributed by atoms with Gasteiger partial charge in [-0.2, -0.15) is 13.2 Å². The van der Waals surface area contributed by atoms with Crippen molar-refractivity contribution in [1.29, 1.82) is 0 Å². The highest BCUT2D eigenvalue weighted by Gasteiger charge is 2.34. The summed E-state index contributed by atoms with van der Waals surface area (Å²) in [5, 5.41) is 4.78. The maximum atomic E-state index is 13.6. The van der Waals surface area contributed by atoms with E-state index in [1.54, 1.807) is 12.1 Å². The smallest absolute Gasteiger partial charge is 0.418 e. The Kier molecular flexibility index (Phi) is 7.74. The molecule has 1 unspecified atom stereocenters. The molecule has 2 aromatic carbocycles. The highest BCUT2D eigenvalue weighted by atomic mass is 19.4. The fraction of sp³-hybridized carbons (Fsp3) is 0.391. The molecule has 0 aromatic heterocycles. The Morgan fingerprint density at radius 1 is 1.12 bits per heavy atom. The van der Waals surface area contributed by atoms with Crippen molar-refractivity contribution < 1.29 is 32.2 Å². The number of carbonyl (C=O) groups is 2. The molecule has 1 aliphatic heterocycles. The number of nitrogens with one attached hydrogen (secondary N) is 2. The third-order valence-electron chi connectivity index (χ3n) is 4.96. The second-order valence-electron chi connectivity index (χ2n) is 7.37. The van der Waals surface area contributed by atoms with Gasteiger partial charge >= 0.3 is 6.18 Å². The molecule has 3 rings (SSSR count). The van der Waals surface area contributed by atoms with Crippen LogP contribution >= 0.6 is 0 Å². The van der Waals surface area contributed by atoms with E-state index in [9.17, 15) is 22.8 Å². The number of halogens is 3. The second-order valence-corrected chi connectivity index (χ2v) is 7.37. The minimum absolute atomic E-state index is 0.00906. The molecular weight excluding hydrogens is 425 g/mol. The summed E-state index contributed by atoms with van der Waals surface area (Å²) in [5.74, 6) is -0.314. The normalized spacial score (nSPS) is 15.9. The van der Waals surface area contributed by atoms with Gasteiger partial charge < -0.3 is 20.1 Å². The molecular formula is C23H25F3N2O4. The van der Waals surface area contributed by atoms with Gasteiger partial charge in [0.2, 0.25) is 5.91 Å². The number of rotatable bonds is 8. The molecule has 2 amide bonds. The molecule has 1 atom stereocenters. The largest absolute Gasteiger partial charge is 0.494 e. The number of benzene rings is 2. The van der Waals surface area contributed by atoms with E-state index in [0.29, 0.717) is 31.8 Å². The molecule has 0 aliphatic carbocycles. The van der Waals surface area contributed by atoms with E-state index >= 15 is 0 Å². The van der Waals surface area contributed by atoms with Crippen molar-refractivity contribution in [2.24, 2.45) is 0 Å². The summed E-state index contributed by atoms with van der Waals surface area (Å²) >= 11 is 0. The van der Waals surface area contributed by atoms with E-state index in [1.807, 2.05) is 19.1 Å². The summed E-state index contributed by atoms with van der Waals surface area (Å²) in [6.07, 6.45) is -3.72. The second kappa shape index (κ2) is 10.5. The standard InChI is InChI=1S/C23H25F3N2O4/c1-2-31-17-9-5-15(6-10-17)7-12-21(29)28-19-11-8-16(14-18(19)23(24,25)26)27-22(30)20-4-3-13-32-20/h5-6,8-11,14,20H,2-4,7,12-13H2,1H3,(H,27,30)(H,28,29). The molecule has 6 nitrogen and oxygen atoms in total. The molecule has 172 valence electrons. The Balaban J connectivity index is 1.63. The molecule has 1 fully saturated rings. The van der Waals surface area contributed by atoms with Gasteiger partial charge in [-0.15, -0.1) is 0 Å². The fourth-order valence-electron chi connectivity index (χ4n) is 3.36. The number of hydrogen-bond donors (Lipinski definition) is 2. The summed E-state index contributed by atoms with van der Waals surface area (Å²) < 4.78 is 51.3. The van der Waals surface area contributed by atoms with E-state index in [0.717, 1.165) is 24.1 Å². The quantitative estimate of drug-likeness (QED) is 0.606. The number of carbonyl (C=O) groups excluding carboxylic acids is 2. The van der Waals surface area contributed by atoms with E-state index in [1.165, 1.54) is 6.07 Å². The summed E-state index contributed by atoms with van der Waals surface area (Å²) in [7, 11) is 0. The summed E-state index contributed by atoms with van der Waals surface area (Å²) in [6, 6.07) is 10.5. The van der Waals surface area contributed by atoms with Gasteiger partial charge in [-0.1, -0.05) is 12.1 Å². The number of ether oxygens (including phenoxy) is 2. The lowest BCUT2D eigenvalue weighted by molar-refractivity contribution is -0.137. The van der Waals surface area contributed by atoms with Gasteiger partial charge in [0.15, 0.2) is 0 Å². The first-order valence-electron chi connectivity index (χ1n) is 10.4. The molecule has 0 bridgehead atoms. The Morgan fingerprint density at radius 2 is 1.88 bits per heavy atom. The van der Waals surface area contributed by atoms with Crippen LogP contribution in [-0.4, -0.2) is 31.1 Å². The highest BCUT2D eigenvalue weighted by Crippen LogP contribution is 2.37. The Morgan fingerprint density at radius 3 is 2.50 bits per heavy atom. The van der Waals surface area contributed by atoms with Crippen LogP contribution in [0.15, 0.2) is 42.5 Å². The van der Waals surface area contributed by atoms with Gasteiger partial charge in [-0.3, -0.25) is 9.59 Å². The van der Waals surface area contributed by atoms with Crippen LogP contribution in [0.2, 0.25) is 0 Å². The number of amides is 2. The van der Waals surface area contributed by atoms with Crippen LogP contribution < -0.4 is 15.4 Å². The van der Waals surface area contributed by atoms with Crippen molar-refractivity contribution in [3.05, 3.63) is 53.6 Å². The van der Waals surface area contributed by atoms with E-state index in [2.05, 4.69) is 10.6 Å². The van der Waals surface area contributed by atoms with Crippen LogP contribution in [0, 0.1) is 0 Å². The first-order valence-corrected chi connectivity index (χ1v) is 10.4. The maximum Gasteiger partial charge on any atom is 0.418 e. The zero-order valence-corrected chi connectivity index (χ0v) is 17.6. The molecule has 1 aliphatic rings. The first-order chi connectivity index (χ1) is 15.3. The molecule has 2 aromatic rings. The molecule has 0 spiro atoms. The van der Waals surface area contributed by atoms with Crippen LogP contribution in [0.5, 0.6) is 5.75 Å². The Bertz CT molecular complexity index is 939. The van der Waals surface area contributed by atoms with Gasteiger partial charge in [0.05, 0.1) is 17.9 Å². The van der Waals surface area contributed by atoms with Crippen LogP contribution in [0.1, 0.15) is 37.3 Å². The van der Waals surface area contributed by atoms with Crippen LogP contribution in [0.3, 0.4) is 0 Å². The van der Waals surface area contributed by atoms with Crippen LogP contribution in [-0.2, 0) is 26.9 Å². The SMILES string of the molecule is CCOc1ccc(CCC(=O)Nc2ccc(NC(=O)C3CCCO3)cc2C(F)(F)F)cc1. The van der Waals surface area contributed by atoms with Gasteiger partial charge in [0.25, 0.3) is 5.91 Å². The predicted molar refractivity (Wildman–Crippen MR) is 114 cm³/mol. The van der Waals surface area contributed by atoms with Crippen molar-refractivity contribution in [3.63, 3.8) is 0 Å². The van der Waals surface area contributed by atoms with Crippen LogP contribution in [0.25, 0.3) is 0 Å². The van der Waals surface area contributed by atoms with Crippen molar-refractivity contribution in [3.8, 4) is 5.75 Å². The lowest BCUT2D eigenvalue weighted by Crippen LogP contribution is -2.27. The van der Waals surface area contributed by atoms with Gasteiger partial charge in [-0.05, 0) is 62.1 Å². The minimum atomic E-state index is -4.71. The summed E-state index contributed by atoms with van der Waals surface area (Å²) in [6.45, 7) is 2.87. The number of aryl methyl sites for hydroxylation is 1. The topological polar surface area (TPSA) is 76.7 Å². The van der Waals surface area contributed by atoms with Gasteiger partial charge in [-0.25, -0.2) is 0 Å². The molecule has 1 saturated heterocycles. The molecule has 0 saturated carbocycles. The van der Waals surface area contributed by atoms with Crippen molar-refractivity contribution >= 4 is 23.2 Å². The van der Waals surface area contributed by atoms with Gasteiger partial charge in [0.1, 0.15) is 11.9 Å². The zero-order valence-electron chi connectivity index (χ0n) is 17.6. The molecule has 2 N–H and O–H groups in total. The lowest BCUT2D eigenvalue weighted by atomic mass is 10.1. The third-order valence-corrected chi connectivity index (χ3v) is 4.96. The average Bonchev–Trinajstić information content (AvgIpc) is 3.29. The molecule has 9 heteroatoms. The Labute approximate surface area is 184 Å². The van der Waals surface area contributed by atoms with E-state index in [4.69, 9.17) is 9.47 Å². The average molecular weight is 450 g/mol. The summed E-state index contributed by atoms with van der Waals surface area (Å²) in [4.78, 5) is 24.4. The van der Waals surface area contributed by atoms with Crippen molar-refractivity contribution in [2.45, 2.75) is 44.9 Å². The highest BCUT2D eigenvalue weighted by molar-refractivity contribution is 5.96. The molecule has 1 heterocycles. The predicted octanol–water partition coefficient (Wildman–Crippen LogP) is 4.79. The number of alkyl halides is 3. The van der Waals surface area contributed by atoms with Gasteiger partial charge in [0, 0.05) is 18.7 Å². The Hall–Kier alpha value is -3.07. The van der Waals surface area contributed by atoms with Crippen molar-refractivity contribution in [1.82, 2.24) is 0 Å². The lowest BCUT2D eigenvalue weighted by Gasteiger charge is -2.17.